The standard InChI is InChI=1S/C16H19ClFN3O3/c1-16(2,3)24-15(23)21-10-6-8(10)7-11(21)14(22)20-13-9(18)4-5-12(17)19-13/h4-5,8,10-11H,6-7H2,1-3H3,(H,19,20,22)/t8-,10-,11+/m1/s1. The molecule has 0 aromatic carbocycles. The van der Waals surface area contributed by atoms with Gasteiger partial charge in [0.05, 0.1) is 0 Å². The first-order valence-electron chi connectivity index (χ1n) is 7.80. The number of amides is 2. The second-order valence-corrected chi connectivity index (χ2v) is 7.54. The molecule has 8 heteroatoms. The molecule has 0 radical (unpaired) electrons. The number of halogens is 2. The smallest absolute Gasteiger partial charge is 0.411 e. The van der Waals surface area contributed by atoms with Crippen molar-refractivity contribution in [1.82, 2.24) is 9.88 Å². The molecule has 1 aliphatic heterocycles. The SMILES string of the molecule is CC(C)(C)OC(=O)N1[C@@H]2C[C@@H]2C[C@H]1C(=O)Nc1nc(Cl)ccc1F. The van der Waals surface area contributed by atoms with E-state index in [2.05, 4.69) is 10.3 Å². The van der Waals surface area contributed by atoms with E-state index in [0.717, 1.165) is 12.5 Å². The molecule has 130 valence electrons. The molecule has 1 saturated carbocycles. The maximum Gasteiger partial charge on any atom is 0.411 e. The van der Waals surface area contributed by atoms with E-state index in [1.807, 2.05) is 0 Å². The van der Waals surface area contributed by atoms with Crippen LogP contribution in [0, 0.1) is 11.7 Å². The van der Waals surface area contributed by atoms with Gasteiger partial charge in [-0.15, -0.1) is 0 Å². The fraction of sp³-hybridized carbons (Fsp3) is 0.562. The molecular weight excluding hydrogens is 337 g/mol. The van der Waals surface area contributed by atoms with Crippen LogP contribution in [0.5, 0.6) is 0 Å². The topological polar surface area (TPSA) is 71.5 Å². The molecule has 1 aromatic rings. The summed E-state index contributed by atoms with van der Waals surface area (Å²) in [7, 11) is 0. The molecule has 6 nitrogen and oxygen atoms in total. The summed E-state index contributed by atoms with van der Waals surface area (Å²) >= 11 is 5.73. The summed E-state index contributed by atoms with van der Waals surface area (Å²) in [6.45, 7) is 5.31. The van der Waals surface area contributed by atoms with Crippen LogP contribution in [0.15, 0.2) is 12.1 Å². The number of carbonyl (C=O) groups is 2. The third-order valence-electron chi connectivity index (χ3n) is 4.06. The molecular formula is C16H19ClFN3O3. The number of aromatic nitrogens is 1. The van der Waals surface area contributed by atoms with Crippen molar-refractivity contribution in [2.24, 2.45) is 5.92 Å². The van der Waals surface area contributed by atoms with E-state index in [4.69, 9.17) is 16.3 Å². The Morgan fingerprint density at radius 1 is 1.38 bits per heavy atom. The quantitative estimate of drug-likeness (QED) is 0.827. The van der Waals surface area contributed by atoms with Gasteiger partial charge >= 0.3 is 6.09 Å². The van der Waals surface area contributed by atoms with Crippen LogP contribution in [0.1, 0.15) is 33.6 Å². The van der Waals surface area contributed by atoms with Crippen LogP contribution in [-0.2, 0) is 9.53 Å². The van der Waals surface area contributed by atoms with Crippen LogP contribution in [0.25, 0.3) is 0 Å². The number of hydrogen-bond acceptors (Lipinski definition) is 4. The maximum atomic E-state index is 13.7. The average molecular weight is 356 g/mol. The molecule has 1 N–H and O–H groups in total. The van der Waals surface area contributed by atoms with Crippen LogP contribution in [0.3, 0.4) is 0 Å². The first kappa shape index (κ1) is 17.0. The third kappa shape index (κ3) is 3.45. The lowest BCUT2D eigenvalue weighted by molar-refractivity contribution is -0.121. The number of likely N-dealkylation sites (tertiary alicyclic amines) is 1. The van der Waals surface area contributed by atoms with E-state index in [1.54, 1.807) is 20.8 Å². The summed E-state index contributed by atoms with van der Waals surface area (Å²) in [4.78, 5) is 30.1. The van der Waals surface area contributed by atoms with Crippen LogP contribution in [0.4, 0.5) is 15.0 Å². The van der Waals surface area contributed by atoms with E-state index in [0.29, 0.717) is 12.3 Å². The second-order valence-electron chi connectivity index (χ2n) is 7.16. The lowest BCUT2D eigenvalue weighted by Gasteiger charge is -2.29. The van der Waals surface area contributed by atoms with Crippen LogP contribution < -0.4 is 5.32 Å². The summed E-state index contributed by atoms with van der Waals surface area (Å²) < 4.78 is 19.1. The average Bonchev–Trinajstić information content (AvgIpc) is 3.11. The first-order valence-corrected chi connectivity index (χ1v) is 8.18. The lowest BCUT2D eigenvalue weighted by Crippen LogP contribution is -2.47. The van der Waals surface area contributed by atoms with Gasteiger partial charge in [0, 0.05) is 6.04 Å². The van der Waals surface area contributed by atoms with Gasteiger partial charge in [-0.2, -0.15) is 0 Å². The predicted octanol–water partition coefficient (Wildman–Crippen LogP) is 3.21. The molecule has 0 bridgehead atoms. The molecule has 2 aliphatic rings. The first-order chi connectivity index (χ1) is 11.2. The number of piperidine rings is 1. The number of fused-ring (bicyclic) bond motifs is 1. The van der Waals surface area contributed by atoms with Crippen molar-refractivity contribution in [1.29, 1.82) is 0 Å². The highest BCUT2D eigenvalue weighted by molar-refractivity contribution is 6.29. The number of nitrogens with zero attached hydrogens (tertiary/aromatic N) is 2. The van der Waals surface area contributed by atoms with E-state index >= 15 is 0 Å². The normalized spacial score (nSPS) is 25.2. The van der Waals surface area contributed by atoms with Crippen LogP contribution in [0.2, 0.25) is 5.15 Å². The second kappa shape index (κ2) is 5.88. The molecule has 0 unspecified atom stereocenters. The highest BCUT2D eigenvalue weighted by Gasteiger charge is 2.57. The molecule has 0 spiro atoms. The van der Waals surface area contributed by atoms with Gasteiger partial charge in [0.2, 0.25) is 5.91 Å². The number of pyridine rings is 1. The number of ether oxygens (including phenoxy) is 1. The molecule has 24 heavy (non-hydrogen) atoms. The third-order valence-corrected chi connectivity index (χ3v) is 4.28. The fourth-order valence-corrected chi connectivity index (χ4v) is 3.12. The number of nitrogens with one attached hydrogen (secondary N) is 1. The summed E-state index contributed by atoms with van der Waals surface area (Å²) in [6.07, 6.45) is 0.886. The Kier molecular flexibility index (Phi) is 4.15. The Balaban J connectivity index is 1.74. The Morgan fingerprint density at radius 2 is 2.08 bits per heavy atom. The van der Waals surface area contributed by atoms with Crippen LogP contribution in [-0.4, -0.2) is 39.6 Å². The minimum atomic E-state index is -0.691. The van der Waals surface area contributed by atoms with Crippen molar-refractivity contribution in [2.45, 2.75) is 51.3 Å². The van der Waals surface area contributed by atoms with Crippen LogP contribution >= 0.6 is 11.6 Å². The number of hydrogen-bond donors (Lipinski definition) is 1. The van der Waals surface area contributed by atoms with E-state index < -0.39 is 29.5 Å². The zero-order valence-corrected chi connectivity index (χ0v) is 14.4. The predicted molar refractivity (Wildman–Crippen MR) is 86.2 cm³/mol. The lowest BCUT2D eigenvalue weighted by atomic mass is 10.1. The molecule has 1 saturated heterocycles. The van der Waals surface area contributed by atoms with Gasteiger partial charge in [0.25, 0.3) is 0 Å². The van der Waals surface area contributed by atoms with Gasteiger partial charge in [0.15, 0.2) is 11.6 Å². The highest BCUT2D eigenvalue weighted by atomic mass is 35.5. The van der Waals surface area contributed by atoms with Gasteiger partial charge in [-0.25, -0.2) is 14.2 Å². The van der Waals surface area contributed by atoms with Gasteiger partial charge in [-0.1, -0.05) is 11.6 Å². The van der Waals surface area contributed by atoms with E-state index in [9.17, 15) is 14.0 Å². The minimum absolute atomic E-state index is 0.0211. The van der Waals surface area contributed by atoms with Gasteiger partial charge in [0.1, 0.15) is 16.8 Å². The van der Waals surface area contributed by atoms with Gasteiger partial charge in [-0.05, 0) is 51.7 Å². The summed E-state index contributed by atoms with van der Waals surface area (Å²) in [5, 5.41) is 2.50. The van der Waals surface area contributed by atoms with Gasteiger partial charge in [-0.3, -0.25) is 9.69 Å². The maximum absolute atomic E-state index is 13.7. The summed E-state index contributed by atoms with van der Waals surface area (Å²) in [5.41, 5.74) is -0.647. The molecule has 2 amide bonds. The van der Waals surface area contributed by atoms with Crippen molar-refractivity contribution in [3.63, 3.8) is 0 Å². The largest absolute Gasteiger partial charge is 0.444 e. The van der Waals surface area contributed by atoms with Crippen molar-refractivity contribution in [2.75, 3.05) is 5.32 Å². The summed E-state index contributed by atoms with van der Waals surface area (Å²) in [5.74, 6) is -1.11. The molecule has 1 aromatic heterocycles. The monoisotopic (exact) mass is 355 g/mol. The van der Waals surface area contributed by atoms with Crippen molar-refractivity contribution in [3.8, 4) is 0 Å². The van der Waals surface area contributed by atoms with Gasteiger partial charge < -0.3 is 10.1 Å². The Hall–Kier alpha value is -1.89. The Morgan fingerprint density at radius 3 is 2.75 bits per heavy atom. The van der Waals surface area contributed by atoms with Crippen molar-refractivity contribution >= 4 is 29.4 Å². The fourth-order valence-electron chi connectivity index (χ4n) is 2.97. The zero-order valence-electron chi connectivity index (χ0n) is 13.7. The summed E-state index contributed by atoms with van der Waals surface area (Å²) in [6, 6.07) is 1.75. The molecule has 2 fully saturated rings. The molecule has 1 aliphatic carbocycles. The molecule has 3 atom stereocenters. The Bertz CT molecular complexity index is 692. The van der Waals surface area contributed by atoms with Crippen molar-refractivity contribution in [3.05, 3.63) is 23.1 Å². The van der Waals surface area contributed by atoms with E-state index in [-0.39, 0.29) is 17.0 Å². The number of anilines is 1. The number of rotatable bonds is 2. The van der Waals surface area contributed by atoms with Crippen molar-refractivity contribution < 1.29 is 18.7 Å². The molecule has 2 heterocycles. The minimum Gasteiger partial charge on any atom is -0.444 e. The molecule has 3 rings (SSSR count). The Labute approximate surface area is 144 Å². The highest BCUT2D eigenvalue weighted by Crippen LogP contribution is 2.48. The van der Waals surface area contributed by atoms with E-state index in [1.165, 1.54) is 11.0 Å². The zero-order chi connectivity index (χ0) is 17.6. The number of carbonyl (C=O) groups excluding carboxylic acids is 2.